The molecule has 0 saturated carbocycles. The van der Waals surface area contributed by atoms with E-state index >= 15 is 0 Å². The second-order valence-electron chi connectivity index (χ2n) is 6.06. The average Bonchev–Trinajstić information content (AvgIpc) is 2.89. The van der Waals surface area contributed by atoms with Crippen molar-refractivity contribution in [3.8, 4) is 5.75 Å². The van der Waals surface area contributed by atoms with E-state index in [1.165, 1.54) is 0 Å². The molecule has 1 aromatic heterocycles. The summed E-state index contributed by atoms with van der Waals surface area (Å²) < 4.78 is 5.66. The minimum Gasteiger partial charge on any atom is -0.493 e. The van der Waals surface area contributed by atoms with Gasteiger partial charge in [-0.2, -0.15) is 0 Å². The van der Waals surface area contributed by atoms with Crippen LogP contribution < -0.4 is 15.6 Å². The summed E-state index contributed by atoms with van der Waals surface area (Å²) in [6, 6.07) is 9.50. The molecule has 2 aromatic rings. The number of aromatic nitrogens is 1. The summed E-state index contributed by atoms with van der Waals surface area (Å²) in [5, 5.41) is 2.94. The van der Waals surface area contributed by atoms with Gasteiger partial charge in [-0.05, 0) is 38.5 Å². The van der Waals surface area contributed by atoms with E-state index in [0.717, 1.165) is 17.0 Å². The quantitative estimate of drug-likeness (QED) is 0.913. The summed E-state index contributed by atoms with van der Waals surface area (Å²) in [6.45, 7) is 6.04. The highest BCUT2D eigenvalue weighted by Crippen LogP contribution is 2.35. The molecule has 2 heterocycles. The predicted octanol–water partition coefficient (Wildman–Crippen LogP) is 2.29. The van der Waals surface area contributed by atoms with Gasteiger partial charge in [-0.25, -0.2) is 0 Å². The third-order valence-electron chi connectivity index (χ3n) is 4.29. The van der Waals surface area contributed by atoms with E-state index in [1.807, 2.05) is 31.2 Å². The highest BCUT2D eigenvalue weighted by Gasteiger charge is 2.30. The topological polar surface area (TPSA) is 71.2 Å². The van der Waals surface area contributed by atoms with Gasteiger partial charge in [0.15, 0.2) is 0 Å². The Hall–Kier alpha value is -2.56. The first kappa shape index (κ1) is 15.3. The van der Waals surface area contributed by atoms with Crippen LogP contribution in [0.2, 0.25) is 0 Å². The van der Waals surface area contributed by atoms with E-state index in [1.54, 1.807) is 19.9 Å². The molecule has 0 unspecified atom stereocenters. The van der Waals surface area contributed by atoms with Crippen LogP contribution in [0.25, 0.3) is 0 Å². The largest absolute Gasteiger partial charge is 0.493 e. The Morgan fingerprint density at radius 1 is 1.35 bits per heavy atom. The molecule has 2 N–H and O–H groups in total. The molecule has 0 saturated heterocycles. The summed E-state index contributed by atoms with van der Waals surface area (Å²) in [7, 11) is 0. The number of fused-ring (bicyclic) bond motifs is 1. The van der Waals surface area contributed by atoms with Crippen molar-refractivity contribution >= 4 is 5.91 Å². The van der Waals surface area contributed by atoms with Crippen molar-refractivity contribution in [2.45, 2.75) is 32.7 Å². The van der Waals surface area contributed by atoms with Gasteiger partial charge in [-0.3, -0.25) is 9.59 Å². The van der Waals surface area contributed by atoms with Crippen LogP contribution in [0.5, 0.6) is 5.75 Å². The third-order valence-corrected chi connectivity index (χ3v) is 4.29. The van der Waals surface area contributed by atoms with Crippen LogP contribution in [-0.2, 0) is 0 Å². The highest BCUT2D eigenvalue weighted by atomic mass is 16.5. The van der Waals surface area contributed by atoms with E-state index in [9.17, 15) is 9.59 Å². The number of benzene rings is 1. The zero-order chi connectivity index (χ0) is 16.6. The standard InChI is InChI=1S/C18H20N2O3/c1-10-8-11(2)19-17(21)16(10)18(22)20-12(3)14-9-23-15-7-5-4-6-13(14)15/h4-8,12,14H,9H2,1-3H3,(H,19,21)(H,20,22)/t12-,14-/m1/s1. The van der Waals surface area contributed by atoms with Gasteiger partial charge in [-0.1, -0.05) is 18.2 Å². The molecular weight excluding hydrogens is 292 g/mol. The molecule has 5 nitrogen and oxygen atoms in total. The smallest absolute Gasteiger partial charge is 0.261 e. The fourth-order valence-corrected chi connectivity index (χ4v) is 3.12. The number of aryl methyl sites for hydroxylation is 2. The van der Waals surface area contributed by atoms with Crippen molar-refractivity contribution in [1.82, 2.24) is 10.3 Å². The number of carbonyl (C=O) groups is 1. The number of ether oxygens (including phenoxy) is 1. The molecule has 120 valence electrons. The van der Waals surface area contributed by atoms with Crippen molar-refractivity contribution in [3.05, 3.63) is 63.1 Å². The molecule has 2 atom stereocenters. The van der Waals surface area contributed by atoms with Crippen LogP contribution in [0.15, 0.2) is 35.1 Å². The van der Waals surface area contributed by atoms with E-state index < -0.39 is 0 Å². The molecule has 0 fully saturated rings. The predicted molar refractivity (Wildman–Crippen MR) is 88.1 cm³/mol. The Kier molecular flexibility index (Phi) is 3.94. The molecule has 5 heteroatoms. The Morgan fingerprint density at radius 3 is 2.83 bits per heavy atom. The molecule has 0 aliphatic carbocycles. The molecule has 1 aliphatic heterocycles. The minimum atomic E-state index is -0.352. The second-order valence-corrected chi connectivity index (χ2v) is 6.06. The maximum atomic E-state index is 12.5. The first-order valence-corrected chi connectivity index (χ1v) is 7.70. The monoisotopic (exact) mass is 312 g/mol. The van der Waals surface area contributed by atoms with Crippen LogP contribution in [0, 0.1) is 13.8 Å². The molecule has 1 aromatic carbocycles. The molecule has 1 amide bonds. The number of aromatic amines is 1. The number of H-pyrrole nitrogens is 1. The van der Waals surface area contributed by atoms with Gasteiger partial charge >= 0.3 is 0 Å². The normalized spacial score (nSPS) is 17.3. The van der Waals surface area contributed by atoms with Gasteiger partial charge < -0.3 is 15.0 Å². The van der Waals surface area contributed by atoms with Crippen molar-refractivity contribution < 1.29 is 9.53 Å². The molecule has 0 spiro atoms. The number of pyridine rings is 1. The van der Waals surface area contributed by atoms with E-state index in [4.69, 9.17) is 4.74 Å². The summed E-state index contributed by atoms with van der Waals surface area (Å²) in [4.78, 5) is 27.2. The first-order chi connectivity index (χ1) is 11.0. The molecule has 1 aliphatic rings. The molecule has 0 bridgehead atoms. The van der Waals surface area contributed by atoms with Gasteiger partial charge in [0.25, 0.3) is 11.5 Å². The van der Waals surface area contributed by atoms with E-state index in [0.29, 0.717) is 12.2 Å². The second kappa shape index (κ2) is 5.91. The molecule has 0 radical (unpaired) electrons. The lowest BCUT2D eigenvalue weighted by Crippen LogP contribution is -2.40. The number of para-hydroxylation sites is 1. The van der Waals surface area contributed by atoms with Crippen LogP contribution in [-0.4, -0.2) is 23.5 Å². The highest BCUT2D eigenvalue weighted by molar-refractivity contribution is 5.95. The van der Waals surface area contributed by atoms with Gasteiger partial charge in [-0.15, -0.1) is 0 Å². The van der Waals surface area contributed by atoms with Crippen LogP contribution in [0.1, 0.15) is 40.0 Å². The Morgan fingerprint density at radius 2 is 2.09 bits per heavy atom. The number of nitrogens with one attached hydrogen (secondary N) is 2. The zero-order valence-electron chi connectivity index (χ0n) is 13.5. The number of carbonyl (C=O) groups excluding carboxylic acids is 1. The van der Waals surface area contributed by atoms with Crippen molar-refractivity contribution in [1.29, 1.82) is 0 Å². The number of amides is 1. The average molecular weight is 312 g/mol. The Bertz CT molecular complexity index is 810. The van der Waals surface area contributed by atoms with Crippen molar-refractivity contribution in [2.24, 2.45) is 0 Å². The van der Waals surface area contributed by atoms with Crippen molar-refractivity contribution in [3.63, 3.8) is 0 Å². The van der Waals surface area contributed by atoms with Gasteiger partial charge in [0.05, 0.1) is 6.61 Å². The minimum absolute atomic E-state index is 0.0833. The zero-order valence-corrected chi connectivity index (χ0v) is 13.5. The number of rotatable bonds is 3. The van der Waals surface area contributed by atoms with E-state index in [2.05, 4.69) is 10.3 Å². The fourth-order valence-electron chi connectivity index (χ4n) is 3.12. The SMILES string of the molecule is Cc1cc(C)c(C(=O)N[C@H](C)[C@H]2COc3ccccc32)c(=O)[nH]1. The Labute approximate surface area is 134 Å². The first-order valence-electron chi connectivity index (χ1n) is 7.70. The van der Waals surface area contributed by atoms with E-state index in [-0.39, 0.29) is 29.0 Å². The van der Waals surface area contributed by atoms with Crippen LogP contribution >= 0.6 is 0 Å². The Balaban J connectivity index is 1.80. The fraction of sp³-hybridized carbons (Fsp3) is 0.333. The molecular formula is C18H20N2O3. The van der Waals surface area contributed by atoms with Crippen molar-refractivity contribution in [2.75, 3.05) is 6.61 Å². The number of hydrogen-bond donors (Lipinski definition) is 2. The van der Waals surface area contributed by atoms with Gasteiger partial charge in [0, 0.05) is 23.2 Å². The lowest BCUT2D eigenvalue weighted by atomic mass is 9.94. The van der Waals surface area contributed by atoms with Crippen LogP contribution in [0.3, 0.4) is 0 Å². The maximum Gasteiger partial charge on any atom is 0.261 e. The molecule has 23 heavy (non-hydrogen) atoms. The summed E-state index contributed by atoms with van der Waals surface area (Å²) in [6.07, 6.45) is 0. The summed E-state index contributed by atoms with van der Waals surface area (Å²) >= 11 is 0. The lowest BCUT2D eigenvalue weighted by Gasteiger charge is -2.20. The van der Waals surface area contributed by atoms with Gasteiger partial charge in [0.1, 0.15) is 11.3 Å². The third kappa shape index (κ3) is 2.86. The summed E-state index contributed by atoms with van der Waals surface area (Å²) in [5.41, 5.74) is 2.34. The van der Waals surface area contributed by atoms with Crippen LogP contribution in [0.4, 0.5) is 0 Å². The molecule has 3 rings (SSSR count). The lowest BCUT2D eigenvalue weighted by molar-refractivity contribution is 0.0930. The van der Waals surface area contributed by atoms with Gasteiger partial charge in [0.2, 0.25) is 0 Å². The number of hydrogen-bond acceptors (Lipinski definition) is 3. The maximum absolute atomic E-state index is 12.5. The summed E-state index contributed by atoms with van der Waals surface area (Å²) in [5.74, 6) is 0.601.